The van der Waals surface area contributed by atoms with Gasteiger partial charge in [-0.3, -0.25) is 5.01 Å². The number of hydrogen-bond acceptors (Lipinski definition) is 3. The molecule has 0 aliphatic heterocycles. The Morgan fingerprint density at radius 3 is 2.17 bits per heavy atom. The standard InChI is InChI=1S/C9H21N3/c1-6-11-12(5)9(4)7(2)8(3)10/h6-9H,10H2,1-5H3/b11-6-/t7-,8?,9?/m0/s1. The lowest BCUT2D eigenvalue weighted by molar-refractivity contribution is 0.192. The molecule has 3 heteroatoms. The molecule has 0 radical (unpaired) electrons. The fraction of sp³-hybridized carbons (Fsp3) is 0.889. The van der Waals surface area contributed by atoms with E-state index in [1.54, 1.807) is 6.21 Å². The Kier molecular flexibility index (Phi) is 4.90. The Hall–Kier alpha value is -0.570. The first kappa shape index (κ1) is 11.4. The minimum Gasteiger partial charge on any atom is -0.328 e. The van der Waals surface area contributed by atoms with Crippen molar-refractivity contribution in [3.63, 3.8) is 0 Å². The summed E-state index contributed by atoms with van der Waals surface area (Å²) in [5.41, 5.74) is 5.79. The van der Waals surface area contributed by atoms with E-state index >= 15 is 0 Å². The molecule has 2 unspecified atom stereocenters. The first-order valence-corrected chi connectivity index (χ1v) is 4.47. The van der Waals surface area contributed by atoms with Crippen molar-refractivity contribution < 1.29 is 0 Å². The molecular formula is C9H21N3. The zero-order valence-electron chi connectivity index (χ0n) is 8.78. The lowest BCUT2D eigenvalue weighted by Gasteiger charge is -2.29. The second-order valence-electron chi connectivity index (χ2n) is 3.41. The van der Waals surface area contributed by atoms with Gasteiger partial charge in [-0.2, -0.15) is 5.10 Å². The van der Waals surface area contributed by atoms with Crippen LogP contribution in [0, 0.1) is 5.92 Å². The lowest BCUT2D eigenvalue weighted by Crippen LogP contribution is -2.39. The lowest BCUT2D eigenvalue weighted by atomic mass is 9.96. The van der Waals surface area contributed by atoms with Gasteiger partial charge in [0, 0.05) is 25.3 Å². The molecule has 12 heavy (non-hydrogen) atoms. The van der Waals surface area contributed by atoms with Crippen LogP contribution in [0.1, 0.15) is 27.7 Å². The van der Waals surface area contributed by atoms with E-state index in [-0.39, 0.29) is 6.04 Å². The molecule has 0 bridgehead atoms. The van der Waals surface area contributed by atoms with Gasteiger partial charge in [0.05, 0.1) is 0 Å². The number of rotatable bonds is 4. The van der Waals surface area contributed by atoms with Gasteiger partial charge >= 0.3 is 0 Å². The maximum absolute atomic E-state index is 5.79. The quantitative estimate of drug-likeness (QED) is 0.511. The van der Waals surface area contributed by atoms with Crippen LogP contribution in [0.3, 0.4) is 0 Å². The number of nitrogens with two attached hydrogens (primary N) is 1. The average Bonchev–Trinajstić information content (AvgIpc) is 2.02. The third-order valence-corrected chi connectivity index (χ3v) is 2.48. The summed E-state index contributed by atoms with van der Waals surface area (Å²) in [4.78, 5) is 0. The Morgan fingerprint density at radius 2 is 1.83 bits per heavy atom. The Morgan fingerprint density at radius 1 is 1.33 bits per heavy atom. The fourth-order valence-corrected chi connectivity index (χ4v) is 1.07. The highest BCUT2D eigenvalue weighted by Crippen LogP contribution is 2.11. The number of hydrogen-bond donors (Lipinski definition) is 1. The molecule has 0 aromatic rings. The summed E-state index contributed by atoms with van der Waals surface area (Å²) in [6, 6.07) is 0.607. The van der Waals surface area contributed by atoms with E-state index in [1.807, 2.05) is 25.9 Å². The first-order chi connectivity index (χ1) is 5.50. The summed E-state index contributed by atoms with van der Waals surface area (Å²) in [7, 11) is 1.98. The van der Waals surface area contributed by atoms with E-state index in [4.69, 9.17) is 5.73 Å². The van der Waals surface area contributed by atoms with E-state index in [2.05, 4.69) is 18.9 Å². The molecule has 0 amide bonds. The van der Waals surface area contributed by atoms with Gasteiger partial charge in [0.15, 0.2) is 0 Å². The van der Waals surface area contributed by atoms with Crippen molar-refractivity contribution >= 4 is 6.21 Å². The van der Waals surface area contributed by atoms with Gasteiger partial charge in [-0.25, -0.2) is 0 Å². The molecule has 0 aromatic carbocycles. The molecule has 0 aromatic heterocycles. The summed E-state index contributed by atoms with van der Waals surface area (Å²) in [6.07, 6.45) is 1.80. The van der Waals surface area contributed by atoms with E-state index in [0.717, 1.165) is 0 Å². The zero-order chi connectivity index (χ0) is 9.72. The van der Waals surface area contributed by atoms with Crippen LogP contribution in [0.15, 0.2) is 5.10 Å². The predicted molar refractivity (Wildman–Crippen MR) is 54.2 cm³/mol. The summed E-state index contributed by atoms with van der Waals surface area (Å²) in [5, 5.41) is 6.13. The average molecular weight is 171 g/mol. The van der Waals surface area contributed by atoms with Crippen molar-refractivity contribution in [2.45, 2.75) is 39.8 Å². The smallest absolute Gasteiger partial charge is 0.0479 e. The topological polar surface area (TPSA) is 41.6 Å². The molecule has 3 nitrogen and oxygen atoms in total. The van der Waals surface area contributed by atoms with Gasteiger partial charge in [0.25, 0.3) is 0 Å². The number of nitrogens with zero attached hydrogens (tertiary/aromatic N) is 2. The highest BCUT2D eigenvalue weighted by Gasteiger charge is 2.18. The molecule has 0 fully saturated rings. The van der Waals surface area contributed by atoms with Gasteiger partial charge in [-0.1, -0.05) is 6.92 Å². The maximum atomic E-state index is 5.79. The van der Waals surface area contributed by atoms with Crippen molar-refractivity contribution in [3.05, 3.63) is 0 Å². The summed E-state index contributed by atoms with van der Waals surface area (Å²) >= 11 is 0. The zero-order valence-corrected chi connectivity index (χ0v) is 8.78. The normalized spacial score (nSPS) is 19.2. The first-order valence-electron chi connectivity index (χ1n) is 4.47. The van der Waals surface area contributed by atoms with Crippen molar-refractivity contribution in [1.29, 1.82) is 0 Å². The van der Waals surface area contributed by atoms with Crippen LogP contribution in [0.5, 0.6) is 0 Å². The predicted octanol–water partition coefficient (Wildman–Crippen LogP) is 1.30. The van der Waals surface area contributed by atoms with E-state index < -0.39 is 0 Å². The van der Waals surface area contributed by atoms with Gasteiger partial charge in [0.2, 0.25) is 0 Å². The highest BCUT2D eigenvalue weighted by molar-refractivity contribution is 5.52. The van der Waals surface area contributed by atoms with Crippen molar-refractivity contribution in [1.82, 2.24) is 5.01 Å². The fourth-order valence-electron chi connectivity index (χ4n) is 1.07. The Balaban J connectivity index is 4.08. The minimum atomic E-state index is 0.217. The molecule has 0 heterocycles. The minimum absolute atomic E-state index is 0.217. The molecule has 0 aliphatic carbocycles. The molecule has 2 N–H and O–H groups in total. The molecule has 3 atom stereocenters. The van der Waals surface area contributed by atoms with Crippen LogP contribution in [-0.4, -0.2) is 30.4 Å². The SMILES string of the molecule is C/C=N\N(C)C(C)[C@@H](C)C(C)N. The maximum Gasteiger partial charge on any atom is 0.0479 e. The summed E-state index contributed by atoms with van der Waals surface area (Å²) < 4.78 is 0. The monoisotopic (exact) mass is 171 g/mol. The molecule has 0 rings (SSSR count). The van der Waals surface area contributed by atoms with Crippen LogP contribution in [0.4, 0.5) is 0 Å². The van der Waals surface area contributed by atoms with E-state index in [9.17, 15) is 0 Å². The summed E-state index contributed by atoms with van der Waals surface area (Å²) in [6.45, 7) is 8.24. The molecule has 0 spiro atoms. The second kappa shape index (κ2) is 5.14. The third-order valence-electron chi connectivity index (χ3n) is 2.48. The third kappa shape index (κ3) is 3.22. The van der Waals surface area contributed by atoms with E-state index in [0.29, 0.717) is 12.0 Å². The van der Waals surface area contributed by atoms with Crippen LogP contribution in [0.2, 0.25) is 0 Å². The summed E-state index contributed by atoms with van der Waals surface area (Å²) in [5.74, 6) is 0.457. The molecule has 0 saturated heterocycles. The van der Waals surface area contributed by atoms with Crippen LogP contribution in [0.25, 0.3) is 0 Å². The molecule has 72 valence electrons. The van der Waals surface area contributed by atoms with E-state index in [1.165, 1.54) is 0 Å². The van der Waals surface area contributed by atoms with Crippen molar-refractivity contribution in [2.24, 2.45) is 16.8 Å². The van der Waals surface area contributed by atoms with Crippen LogP contribution >= 0.6 is 0 Å². The van der Waals surface area contributed by atoms with Crippen molar-refractivity contribution in [2.75, 3.05) is 7.05 Å². The van der Waals surface area contributed by atoms with Crippen molar-refractivity contribution in [3.8, 4) is 0 Å². The largest absolute Gasteiger partial charge is 0.328 e. The van der Waals surface area contributed by atoms with Gasteiger partial charge in [-0.05, 0) is 26.7 Å². The Bertz CT molecular complexity index is 143. The van der Waals surface area contributed by atoms with Gasteiger partial charge in [-0.15, -0.1) is 0 Å². The van der Waals surface area contributed by atoms with Crippen LogP contribution in [-0.2, 0) is 0 Å². The molecule has 0 saturated carbocycles. The van der Waals surface area contributed by atoms with Gasteiger partial charge < -0.3 is 5.73 Å². The second-order valence-corrected chi connectivity index (χ2v) is 3.41. The number of hydrazone groups is 1. The highest BCUT2D eigenvalue weighted by atomic mass is 15.4. The molecular weight excluding hydrogens is 150 g/mol. The molecule has 0 aliphatic rings. The Labute approximate surface area is 75.6 Å². The van der Waals surface area contributed by atoms with Crippen LogP contribution < -0.4 is 5.73 Å². The van der Waals surface area contributed by atoms with Gasteiger partial charge in [0.1, 0.15) is 0 Å².